The second kappa shape index (κ2) is 4.56. The van der Waals surface area contributed by atoms with Crippen LogP contribution < -0.4 is 5.32 Å². The molecule has 0 unspecified atom stereocenters. The van der Waals surface area contributed by atoms with Crippen molar-refractivity contribution in [3.63, 3.8) is 0 Å². The summed E-state index contributed by atoms with van der Waals surface area (Å²) < 4.78 is 13.5. The molecule has 0 bridgehead atoms. The van der Waals surface area contributed by atoms with Gasteiger partial charge >= 0.3 is 5.97 Å². The molecule has 0 amide bonds. The number of nitrogens with zero attached hydrogens (tertiary/aromatic N) is 2. The fraction of sp³-hybridized carbons (Fsp3) is 0. The van der Waals surface area contributed by atoms with Gasteiger partial charge in [-0.05, 0) is 24.3 Å². The summed E-state index contributed by atoms with van der Waals surface area (Å²) in [6, 6.07) is 5.20. The molecule has 0 saturated carbocycles. The van der Waals surface area contributed by atoms with Crippen molar-refractivity contribution in [2.75, 3.05) is 5.32 Å². The number of hydrogen-bond acceptors (Lipinski definition) is 4. The summed E-state index contributed by atoms with van der Waals surface area (Å²) in [4.78, 5) is 18.3. The highest BCUT2D eigenvalue weighted by Gasteiger charge is 2.08. The molecule has 0 aliphatic rings. The molecule has 0 aliphatic heterocycles. The standard InChI is InChI=1S/C11H8FN3O2/c12-8-6-7(10(16)17)2-3-9(8)15-11-13-4-1-5-14-11/h1-6H,(H,16,17)(H,13,14,15). The van der Waals surface area contributed by atoms with E-state index in [0.717, 1.165) is 6.07 Å². The minimum atomic E-state index is -1.17. The first-order valence-corrected chi connectivity index (χ1v) is 4.74. The summed E-state index contributed by atoms with van der Waals surface area (Å²) in [6.07, 6.45) is 3.03. The number of anilines is 2. The van der Waals surface area contributed by atoms with Crippen LogP contribution in [0.15, 0.2) is 36.7 Å². The minimum Gasteiger partial charge on any atom is -0.478 e. The van der Waals surface area contributed by atoms with Gasteiger partial charge in [0, 0.05) is 12.4 Å². The monoisotopic (exact) mass is 233 g/mol. The first-order chi connectivity index (χ1) is 8.16. The molecule has 1 aromatic heterocycles. The highest BCUT2D eigenvalue weighted by Crippen LogP contribution is 2.18. The Bertz CT molecular complexity index is 546. The predicted molar refractivity (Wildman–Crippen MR) is 58.7 cm³/mol. The maximum atomic E-state index is 13.5. The summed E-state index contributed by atoms with van der Waals surface area (Å²) in [5.74, 6) is -1.60. The summed E-state index contributed by atoms with van der Waals surface area (Å²) in [6.45, 7) is 0. The van der Waals surface area contributed by atoms with E-state index in [1.807, 2.05) is 0 Å². The highest BCUT2D eigenvalue weighted by atomic mass is 19.1. The number of nitrogens with one attached hydrogen (secondary N) is 1. The zero-order chi connectivity index (χ0) is 12.3. The van der Waals surface area contributed by atoms with Gasteiger partial charge in [-0.1, -0.05) is 0 Å². The molecular formula is C11H8FN3O2. The van der Waals surface area contributed by atoms with Crippen molar-refractivity contribution in [3.8, 4) is 0 Å². The molecule has 86 valence electrons. The first kappa shape index (κ1) is 11.0. The number of carbonyl (C=O) groups is 1. The van der Waals surface area contributed by atoms with Gasteiger partial charge in [-0.2, -0.15) is 0 Å². The molecule has 0 atom stereocenters. The van der Waals surface area contributed by atoms with E-state index < -0.39 is 11.8 Å². The number of carboxylic acids is 1. The molecule has 0 saturated heterocycles. The van der Waals surface area contributed by atoms with Crippen molar-refractivity contribution >= 4 is 17.6 Å². The lowest BCUT2D eigenvalue weighted by molar-refractivity contribution is 0.0696. The normalized spacial score (nSPS) is 9.94. The summed E-state index contributed by atoms with van der Waals surface area (Å²) >= 11 is 0. The zero-order valence-corrected chi connectivity index (χ0v) is 8.59. The van der Waals surface area contributed by atoms with Gasteiger partial charge in [0.15, 0.2) is 0 Å². The third kappa shape index (κ3) is 2.54. The van der Waals surface area contributed by atoms with Gasteiger partial charge in [0.1, 0.15) is 5.82 Å². The Balaban J connectivity index is 2.26. The van der Waals surface area contributed by atoms with E-state index in [1.54, 1.807) is 6.07 Å². The number of rotatable bonds is 3. The van der Waals surface area contributed by atoms with Gasteiger partial charge in [0.2, 0.25) is 5.95 Å². The van der Waals surface area contributed by atoms with Crippen molar-refractivity contribution in [1.29, 1.82) is 0 Å². The molecule has 5 nitrogen and oxygen atoms in total. The van der Waals surface area contributed by atoms with E-state index in [0.29, 0.717) is 0 Å². The summed E-state index contributed by atoms with van der Waals surface area (Å²) in [5, 5.41) is 11.3. The molecule has 2 aromatic rings. The van der Waals surface area contributed by atoms with Crippen LogP contribution in [0.2, 0.25) is 0 Å². The third-order valence-electron chi connectivity index (χ3n) is 2.03. The van der Waals surface area contributed by atoms with Gasteiger partial charge in [-0.25, -0.2) is 19.2 Å². The smallest absolute Gasteiger partial charge is 0.335 e. The topological polar surface area (TPSA) is 75.1 Å². The molecule has 2 rings (SSSR count). The van der Waals surface area contributed by atoms with Crippen LogP contribution in [0.3, 0.4) is 0 Å². The number of carboxylic acid groups (broad SMARTS) is 1. The molecular weight excluding hydrogens is 225 g/mol. The molecule has 0 radical (unpaired) electrons. The Morgan fingerprint density at radius 1 is 1.29 bits per heavy atom. The molecule has 17 heavy (non-hydrogen) atoms. The maximum Gasteiger partial charge on any atom is 0.335 e. The lowest BCUT2D eigenvalue weighted by Crippen LogP contribution is -2.01. The van der Waals surface area contributed by atoms with Crippen LogP contribution in [-0.4, -0.2) is 21.0 Å². The minimum absolute atomic E-state index is 0.109. The lowest BCUT2D eigenvalue weighted by Gasteiger charge is -2.05. The van der Waals surface area contributed by atoms with Crippen molar-refractivity contribution in [2.45, 2.75) is 0 Å². The molecule has 2 N–H and O–H groups in total. The fourth-order valence-electron chi connectivity index (χ4n) is 1.23. The quantitative estimate of drug-likeness (QED) is 0.848. The van der Waals surface area contributed by atoms with E-state index in [2.05, 4.69) is 15.3 Å². The average Bonchev–Trinajstić information content (AvgIpc) is 2.33. The Morgan fingerprint density at radius 3 is 2.59 bits per heavy atom. The van der Waals surface area contributed by atoms with Gasteiger partial charge in [-0.15, -0.1) is 0 Å². The molecule has 0 spiro atoms. The van der Waals surface area contributed by atoms with E-state index in [4.69, 9.17) is 5.11 Å². The van der Waals surface area contributed by atoms with E-state index in [9.17, 15) is 9.18 Å². The number of aromatic nitrogens is 2. The number of halogens is 1. The van der Waals surface area contributed by atoms with Crippen LogP contribution in [-0.2, 0) is 0 Å². The summed E-state index contributed by atoms with van der Waals surface area (Å²) in [5.41, 5.74) is 0.0169. The van der Waals surface area contributed by atoms with Crippen molar-refractivity contribution in [2.24, 2.45) is 0 Å². The molecule has 6 heteroatoms. The van der Waals surface area contributed by atoms with Crippen LogP contribution in [0.4, 0.5) is 16.0 Å². The second-order valence-electron chi connectivity index (χ2n) is 3.20. The largest absolute Gasteiger partial charge is 0.478 e. The Labute approximate surface area is 96.0 Å². The van der Waals surface area contributed by atoms with Crippen LogP contribution in [0.25, 0.3) is 0 Å². The van der Waals surface area contributed by atoms with Crippen LogP contribution in [0.1, 0.15) is 10.4 Å². The Kier molecular flexibility index (Phi) is 2.95. The lowest BCUT2D eigenvalue weighted by atomic mass is 10.2. The SMILES string of the molecule is O=C(O)c1ccc(Nc2ncccn2)c(F)c1. The van der Waals surface area contributed by atoms with Gasteiger partial charge < -0.3 is 10.4 Å². The molecule has 0 fully saturated rings. The zero-order valence-electron chi connectivity index (χ0n) is 8.59. The van der Waals surface area contributed by atoms with Gasteiger partial charge in [0.05, 0.1) is 11.3 Å². The average molecular weight is 233 g/mol. The predicted octanol–water partition coefficient (Wildman–Crippen LogP) is 2.06. The van der Waals surface area contributed by atoms with Gasteiger partial charge in [-0.3, -0.25) is 0 Å². The van der Waals surface area contributed by atoms with Crippen LogP contribution >= 0.6 is 0 Å². The Hall–Kier alpha value is -2.50. The third-order valence-corrected chi connectivity index (χ3v) is 2.03. The first-order valence-electron chi connectivity index (χ1n) is 4.74. The van der Waals surface area contributed by atoms with Crippen LogP contribution in [0, 0.1) is 5.82 Å². The van der Waals surface area contributed by atoms with Crippen LogP contribution in [0.5, 0.6) is 0 Å². The molecule has 1 aromatic carbocycles. The molecule has 1 heterocycles. The number of aromatic carboxylic acids is 1. The van der Waals surface area contributed by atoms with E-state index in [-0.39, 0.29) is 17.2 Å². The van der Waals surface area contributed by atoms with Crippen molar-refractivity contribution in [3.05, 3.63) is 48.0 Å². The second-order valence-corrected chi connectivity index (χ2v) is 3.20. The van der Waals surface area contributed by atoms with Gasteiger partial charge in [0.25, 0.3) is 0 Å². The Morgan fingerprint density at radius 2 is 2.00 bits per heavy atom. The van der Waals surface area contributed by atoms with E-state index >= 15 is 0 Å². The summed E-state index contributed by atoms with van der Waals surface area (Å²) in [7, 11) is 0. The van der Waals surface area contributed by atoms with Crippen molar-refractivity contribution < 1.29 is 14.3 Å². The van der Waals surface area contributed by atoms with Crippen molar-refractivity contribution in [1.82, 2.24) is 9.97 Å². The van der Waals surface area contributed by atoms with E-state index in [1.165, 1.54) is 24.5 Å². The number of hydrogen-bond donors (Lipinski definition) is 2. The fourth-order valence-corrected chi connectivity index (χ4v) is 1.23. The number of benzene rings is 1. The molecule has 0 aliphatic carbocycles. The highest BCUT2D eigenvalue weighted by molar-refractivity contribution is 5.88. The maximum absolute atomic E-state index is 13.5.